The molecule has 2 heterocycles. The molecule has 0 spiro atoms. The summed E-state index contributed by atoms with van der Waals surface area (Å²) in [6.45, 7) is 4.42. The predicted molar refractivity (Wildman–Crippen MR) is 105 cm³/mol. The van der Waals surface area contributed by atoms with Crippen LogP contribution in [0.25, 0.3) is 10.9 Å². The first kappa shape index (κ1) is 19.4. The topological polar surface area (TPSA) is 108 Å². The van der Waals surface area contributed by atoms with Gasteiger partial charge in [0.1, 0.15) is 5.69 Å². The molecule has 146 valence electrons. The number of nitrogens with one attached hydrogen (secondary N) is 3. The predicted octanol–water partition coefficient (Wildman–Crippen LogP) is 1.71. The molecular formula is C19H25N3O4S. The lowest BCUT2D eigenvalue weighted by Gasteiger charge is -2.10. The molecule has 27 heavy (non-hydrogen) atoms. The lowest BCUT2D eigenvalue weighted by Crippen LogP contribution is -2.37. The Balaban J connectivity index is 1.50. The summed E-state index contributed by atoms with van der Waals surface area (Å²) in [5, 5.41) is 6.39. The summed E-state index contributed by atoms with van der Waals surface area (Å²) in [4.78, 5) is 27.3. The smallest absolute Gasteiger partial charge is 0.267 e. The fraction of sp³-hybridized carbons (Fsp3) is 0.474. The molecule has 1 aromatic heterocycles. The summed E-state index contributed by atoms with van der Waals surface area (Å²) in [6.07, 6.45) is 0.563. The number of carbonyl (C=O) groups excluding carboxylic acids is 2. The first-order valence-corrected chi connectivity index (χ1v) is 11.0. The monoisotopic (exact) mass is 391 g/mol. The molecule has 1 atom stereocenters. The van der Waals surface area contributed by atoms with Crippen molar-refractivity contribution in [2.45, 2.75) is 38.6 Å². The van der Waals surface area contributed by atoms with Crippen LogP contribution in [0.1, 0.15) is 48.7 Å². The van der Waals surface area contributed by atoms with Crippen molar-refractivity contribution in [3.8, 4) is 0 Å². The average molecular weight is 391 g/mol. The van der Waals surface area contributed by atoms with Gasteiger partial charge in [0, 0.05) is 29.9 Å². The van der Waals surface area contributed by atoms with Gasteiger partial charge < -0.3 is 15.6 Å². The molecule has 3 rings (SSSR count). The van der Waals surface area contributed by atoms with E-state index >= 15 is 0 Å². The van der Waals surface area contributed by atoms with E-state index in [1.54, 1.807) is 6.07 Å². The third kappa shape index (κ3) is 4.88. The molecule has 1 fully saturated rings. The standard InChI is InChI=1S/C19H25N3O4S/c1-12(2)13-3-4-14-10-17(22-16(14)9-13)19(24)20-7-5-18(23)21-15-6-8-27(25,26)11-15/h3-4,9-10,12,15,22H,5-8,11H2,1-2H3,(H,20,24)(H,21,23)/t15-/m1/s1. The fourth-order valence-electron chi connectivity index (χ4n) is 3.22. The zero-order valence-electron chi connectivity index (χ0n) is 15.5. The summed E-state index contributed by atoms with van der Waals surface area (Å²) in [7, 11) is -3.02. The van der Waals surface area contributed by atoms with Gasteiger partial charge in [0.2, 0.25) is 5.91 Å². The number of sulfone groups is 1. The molecule has 1 aromatic carbocycles. The van der Waals surface area contributed by atoms with Gasteiger partial charge in [-0.15, -0.1) is 0 Å². The van der Waals surface area contributed by atoms with Crippen LogP contribution in [0, 0.1) is 0 Å². The number of fused-ring (bicyclic) bond motifs is 1. The first-order chi connectivity index (χ1) is 12.7. The lowest BCUT2D eigenvalue weighted by atomic mass is 10.0. The highest BCUT2D eigenvalue weighted by Gasteiger charge is 2.28. The van der Waals surface area contributed by atoms with Crippen LogP contribution in [0.4, 0.5) is 0 Å². The Kier molecular flexibility index (Phi) is 5.55. The zero-order valence-corrected chi connectivity index (χ0v) is 16.4. The van der Waals surface area contributed by atoms with Crippen LogP contribution in [0.2, 0.25) is 0 Å². The van der Waals surface area contributed by atoms with Crippen molar-refractivity contribution < 1.29 is 18.0 Å². The molecule has 3 N–H and O–H groups in total. The van der Waals surface area contributed by atoms with E-state index in [0.29, 0.717) is 18.0 Å². The van der Waals surface area contributed by atoms with E-state index in [2.05, 4.69) is 35.5 Å². The number of aromatic nitrogens is 1. The van der Waals surface area contributed by atoms with Crippen molar-refractivity contribution in [3.05, 3.63) is 35.5 Å². The highest BCUT2D eigenvalue weighted by Crippen LogP contribution is 2.21. The number of H-pyrrole nitrogens is 1. The molecule has 0 saturated carbocycles. The van der Waals surface area contributed by atoms with Crippen molar-refractivity contribution in [1.29, 1.82) is 0 Å². The van der Waals surface area contributed by atoms with Crippen molar-refractivity contribution in [2.24, 2.45) is 0 Å². The largest absolute Gasteiger partial charge is 0.352 e. The maximum Gasteiger partial charge on any atom is 0.267 e. The van der Waals surface area contributed by atoms with Crippen LogP contribution in [-0.4, -0.2) is 49.3 Å². The second-order valence-electron chi connectivity index (χ2n) is 7.36. The first-order valence-electron chi connectivity index (χ1n) is 9.14. The van der Waals surface area contributed by atoms with Gasteiger partial charge in [-0.3, -0.25) is 9.59 Å². The van der Waals surface area contributed by atoms with Gasteiger partial charge in [0.25, 0.3) is 5.91 Å². The zero-order chi connectivity index (χ0) is 19.6. The van der Waals surface area contributed by atoms with Gasteiger partial charge in [-0.2, -0.15) is 0 Å². The minimum atomic E-state index is -3.02. The average Bonchev–Trinajstić information content (AvgIpc) is 3.16. The van der Waals surface area contributed by atoms with E-state index in [4.69, 9.17) is 0 Å². The molecule has 2 amide bonds. The summed E-state index contributed by atoms with van der Waals surface area (Å²) >= 11 is 0. The Bertz CT molecular complexity index is 962. The van der Waals surface area contributed by atoms with Gasteiger partial charge in [0.15, 0.2) is 9.84 Å². The minimum absolute atomic E-state index is 0.00146. The Morgan fingerprint density at radius 2 is 2.04 bits per heavy atom. The third-order valence-electron chi connectivity index (χ3n) is 4.79. The van der Waals surface area contributed by atoms with Crippen molar-refractivity contribution in [3.63, 3.8) is 0 Å². The summed E-state index contributed by atoms with van der Waals surface area (Å²) in [5.41, 5.74) is 2.56. The quantitative estimate of drug-likeness (QED) is 0.697. The van der Waals surface area contributed by atoms with E-state index in [1.165, 1.54) is 5.56 Å². The normalized spacial score (nSPS) is 18.7. The lowest BCUT2D eigenvalue weighted by molar-refractivity contribution is -0.121. The van der Waals surface area contributed by atoms with Gasteiger partial charge in [-0.05, 0) is 30.0 Å². The second kappa shape index (κ2) is 7.72. The van der Waals surface area contributed by atoms with Crippen molar-refractivity contribution in [2.75, 3.05) is 18.1 Å². The second-order valence-corrected chi connectivity index (χ2v) is 9.59. The number of hydrogen-bond acceptors (Lipinski definition) is 4. The van der Waals surface area contributed by atoms with Gasteiger partial charge in [-0.1, -0.05) is 26.0 Å². The van der Waals surface area contributed by atoms with E-state index in [-0.39, 0.29) is 42.3 Å². The van der Waals surface area contributed by atoms with Gasteiger partial charge in [0.05, 0.1) is 11.5 Å². The van der Waals surface area contributed by atoms with Crippen LogP contribution in [0.5, 0.6) is 0 Å². The van der Waals surface area contributed by atoms with Crippen molar-refractivity contribution in [1.82, 2.24) is 15.6 Å². The minimum Gasteiger partial charge on any atom is -0.352 e. The Labute approximate surface area is 158 Å². The summed E-state index contributed by atoms with van der Waals surface area (Å²) in [6, 6.07) is 7.55. The molecule has 0 unspecified atom stereocenters. The third-order valence-corrected chi connectivity index (χ3v) is 6.56. The van der Waals surface area contributed by atoms with E-state index in [0.717, 1.165) is 10.9 Å². The molecule has 0 aliphatic carbocycles. The van der Waals surface area contributed by atoms with Gasteiger partial charge >= 0.3 is 0 Å². The molecule has 1 aliphatic rings. The Morgan fingerprint density at radius 3 is 2.70 bits per heavy atom. The number of hydrogen-bond donors (Lipinski definition) is 3. The van der Waals surface area contributed by atoms with Crippen LogP contribution < -0.4 is 10.6 Å². The van der Waals surface area contributed by atoms with Crippen LogP contribution >= 0.6 is 0 Å². The van der Waals surface area contributed by atoms with Crippen LogP contribution in [-0.2, 0) is 14.6 Å². The SMILES string of the molecule is CC(C)c1ccc2cc(C(=O)NCCC(=O)N[C@@H]3CCS(=O)(=O)C3)[nH]c2c1. The van der Waals surface area contributed by atoms with E-state index < -0.39 is 9.84 Å². The highest BCUT2D eigenvalue weighted by atomic mass is 32.2. The Hall–Kier alpha value is -2.35. The molecule has 0 bridgehead atoms. The maximum absolute atomic E-state index is 12.3. The van der Waals surface area contributed by atoms with Gasteiger partial charge in [-0.25, -0.2) is 8.42 Å². The summed E-state index contributed by atoms with van der Waals surface area (Å²) < 4.78 is 22.8. The highest BCUT2D eigenvalue weighted by molar-refractivity contribution is 7.91. The summed E-state index contributed by atoms with van der Waals surface area (Å²) in [5.74, 6) is -0.000868. The van der Waals surface area contributed by atoms with Crippen LogP contribution in [0.15, 0.2) is 24.3 Å². The molecule has 7 nitrogen and oxygen atoms in total. The number of aromatic amines is 1. The van der Waals surface area contributed by atoms with Crippen molar-refractivity contribution >= 4 is 32.6 Å². The van der Waals surface area contributed by atoms with E-state index in [9.17, 15) is 18.0 Å². The number of rotatable bonds is 6. The number of benzene rings is 1. The molecule has 8 heteroatoms. The Morgan fingerprint density at radius 1 is 1.26 bits per heavy atom. The molecule has 2 aromatic rings. The molecule has 1 aliphatic heterocycles. The van der Waals surface area contributed by atoms with Crippen LogP contribution in [0.3, 0.4) is 0 Å². The number of carbonyl (C=O) groups is 2. The molecule has 1 saturated heterocycles. The molecule has 0 radical (unpaired) electrons. The number of amides is 2. The maximum atomic E-state index is 12.3. The fourth-order valence-corrected chi connectivity index (χ4v) is 4.89. The molecular weight excluding hydrogens is 366 g/mol. The van der Waals surface area contributed by atoms with E-state index in [1.807, 2.05) is 12.1 Å².